The van der Waals surface area contributed by atoms with E-state index in [1.165, 1.54) is 0 Å². The van der Waals surface area contributed by atoms with Crippen LogP contribution < -0.4 is 15.0 Å². The molecule has 0 saturated heterocycles. The van der Waals surface area contributed by atoms with Crippen LogP contribution >= 0.6 is 23.2 Å². The molecule has 8 heteroatoms. The van der Waals surface area contributed by atoms with E-state index in [1.54, 1.807) is 30.2 Å². The van der Waals surface area contributed by atoms with Crippen molar-refractivity contribution in [2.75, 3.05) is 31.4 Å². The van der Waals surface area contributed by atoms with Crippen LogP contribution in [-0.2, 0) is 0 Å². The molecule has 0 spiro atoms. The fourth-order valence-electron chi connectivity index (χ4n) is 1.46. The van der Waals surface area contributed by atoms with Gasteiger partial charge in [0.2, 0.25) is 17.2 Å². The van der Waals surface area contributed by atoms with Crippen LogP contribution in [0.5, 0.6) is 5.75 Å². The first kappa shape index (κ1) is 14.6. The van der Waals surface area contributed by atoms with E-state index in [4.69, 9.17) is 27.9 Å². The van der Waals surface area contributed by atoms with E-state index >= 15 is 0 Å². The molecule has 1 N–H and O–H groups in total. The van der Waals surface area contributed by atoms with E-state index in [-0.39, 0.29) is 5.28 Å². The molecule has 0 saturated carbocycles. The van der Waals surface area contributed by atoms with Crippen molar-refractivity contribution >= 4 is 40.8 Å². The highest BCUT2D eigenvalue weighted by Gasteiger charge is 2.08. The third-order valence-electron chi connectivity index (χ3n) is 2.40. The number of anilines is 3. The van der Waals surface area contributed by atoms with Gasteiger partial charge in [-0.05, 0) is 23.7 Å². The molecule has 106 valence electrons. The molecule has 0 aliphatic rings. The Morgan fingerprint density at radius 2 is 1.90 bits per heavy atom. The van der Waals surface area contributed by atoms with Crippen molar-refractivity contribution in [3.05, 3.63) is 28.5 Å². The quantitative estimate of drug-likeness (QED) is 0.936. The summed E-state index contributed by atoms with van der Waals surface area (Å²) in [5.41, 5.74) is 0.734. The zero-order chi connectivity index (χ0) is 14.7. The van der Waals surface area contributed by atoms with Crippen molar-refractivity contribution < 1.29 is 4.74 Å². The molecule has 2 rings (SSSR count). The number of halogens is 2. The van der Waals surface area contributed by atoms with E-state index in [9.17, 15) is 0 Å². The molecule has 0 aliphatic heterocycles. The number of hydrogen-bond donors (Lipinski definition) is 1. The summed E-state index contributed by atoms with van der Waals surface area (Å²) >= 11 is 11.8. The standard InChI is InChI=1S/C12H13Cl2N5O/c1-19(2)12-17-10(14)16-11(18-12)15-7-4-5-8(13)9(6-7)20-3/h4-6H,1-3H3,(H,15,16,17,18). The van der Waals surface area contributed by atoms with Crippen LogP contribution in [-0.4, -0.2) is 36.2 Å². The Hall–Kier alpha value is -1.79. The average molecular weight is 314 g/mol. The van der Waals surface area contributed by atoms with Gasteiger partial charge in [-0.3, -0.25) is 0 Å². The fraction of sp³-hybridized carbons (Fsp3) is 0.250. The number of aromatic nitrogens is 3. The topological polar surface area (TPSA) is 63.2 Å². The molecule has 2 aromatic rings. The van der Waals surface area contributed by atoms with Gasteiger partial charge in [-0.25, -0.2) is 0 Å². The molecule has 0 amide bonds. The number of nitrogens with zero attached hydrogens (tertiary/aromatic N) is 4. The molecule has 0 atom stereocenters. The highest BCUT2D eigenvalue weighted by Crippen LogP contribution is 2.28. The second-order valence-corrected chi connectivity index (χ2v) is 4.84. The minimum Gasteiger partial charge on any atom is -0.495 e. The third kappa shape index (κ3) is 3.40. The summed E-state index contributed by atoms with van der Waals surface area (Å²) in [6, 6.07) is 5.26. The molecule has 1 aromatic heterocycles. The van der Waals surface area contributed by atoms with Crippen molar-refractivity contribution in [3.63, 3.8) is 0 Å². The van der Waals surface area contributed by atoms with Crippen LogP contribution in [0, 0.1) is 0 Å². The molecular formula is C12H13Cl2N5O. The van der Waals surface area contributed by atoms with Crippen molar-refractivity contribution in [3.8, 4) is 5.75 Å². The summed E-state index contributed by atoms with van der Waals surface area (Å²) in [5, 5.41) is 3.68. The maximum atomic E-state index is 5.97. The molecular weight excluding hydrogens is 301 g/mol. The van der Waals surface area contributed by atoms with E-state index in [1.807, 2.05) is 14.1 Å². The molecule has 0 unspecified atom stereocenters. The van der Waals surface area contributed by atoms with Crippen molar-refractivity contribution in [1.29, 1.82) is 0 Å². The normalized spacial score (nSPS) is 10.2. The monoisotopic (exact) mass is 313 g/mol. The molecule has 0 fully saturated rings. The fourth-order valence-corrected chi connectivity index (χ4v) is 1.81. The zero-order valence-corrected chi connectivity index (χ0v) is 12.7. The Kier molecular flexibility index (Phi) is 4.46. The largest absolute Gasteiger partial charge is 0.495 e. The van der Waals surface area contributed by atoms with Gasteiger partial charge in [-0.1, -0.05) is 11.6 Å². The highest BCUT2D eigenvalue weighted by atomic mass is 35.5. The van der Waals surface area contributed by atoms with Gasteiger partial charge in [0.25, 0.3) is 0 Å². The Morgan fingerprint density at radius 1 is 1.15 bits per heavy atom. The van der Waals surface area contributed by atoms with E-state index in [0.29, 0.717) is 22.7 Å². The first-order chi connectivity index (χ1) is 9.49. The van der Waals surface area contributed by atoms with Crippen LogP contribution in [0.3, 0.4) is 0 Å². The van der Waals surface area contributed by atoms with Crippen molar-refractivity contribution in [2.45, 2.75) is 0 Å². The van der Waals surface area contributed by atoms with Gasteiger partial charge in [-0.15, -0.1) is 0 Å². The van der Waals surface area contributed by atoms with Crippen molar-refractivity contribution in [2.24, 2.45) is 0 Å². The number of ether oxygens (including phenoxy) is 1. The predicted octanol–water partition coefficient (Wildman–Crippen LogP) is 3.00. The molecule has 0 aliphatic carbocycles. The predicted molar refractivity (Wildman–Crippen MR) is 80.5 cm³/mol. The lowest BCUT2D eigenvalue weighted by Gasteiger charge is -2.12. The van der Waals surface area contributed by atoms with Gasteiger partial charge in [0.05, 0.1) is 12.1 Å². The summed E-state index contributed by atoms with van der Waals surface area (Å²) in [6.07, 6.45) is 0. The Labute approximate surface area is 126 Å². The molecule has 6 nitrogen and oxygen atoms in total. The number of methoxy groups -OCH3 is 1. The van der Waals surface area contributed by atoms with Crippen LogP contribution in [0.15, 0.2) is 18.2 Å². The highest BCUT2D eigenvalue weighted by molar-refractivity contribution is 6.32. The van der Waals surface area contributed by atoms with Gasteiger partial charge in [0.1, 0.15) is 5.75 Å². The van der Waals surface area contributed by atoms with E-state index in [2.05, 4.69) is 20.3 Å². The van der Waals surface area contributed by atoms with Gasteiger partial charge < -0.3 is 15.0 Å². The third-order valence-corrected chi connectivity index (χ3v) is 2.88. The maximum Gasteiger partial charge on any atom is 0.233 e. The molecule has 20 heavy (non-hydrogen) atoms. The Morgan fingerprint density at radius 3 is 2.55 bits per heavy atom. The summed E-state index contributed by atoms with van der Waals surface area (Å²) in [5.74, 6) is 1.37. The van der Waals surface area contributed by atoms with Crippen molar-refractivity contribution in [1.82, 2.24) is 15.0 Å². The lowest BCUT2D eigenvalue weighted by Crippen LogP contribution is -2.14. The van der Waals surface area contributed by atoms with E-state index < -0.39 is 0 Å². The molecule has 0 radical (unpaired) electrons. The minimum atomic E-state index is 0.118. The van der Waals surface area contributed by atoms with Gasteiger partial charge in [0, 0.05) is 25.8 Å². The molecule has 1 aromatic carbocycles. The molecule has 1 heterocycles. The van der Waals surface area contributed by atoms with Crippen LogP contribution in [0.1, 0.15) is 0 Å². The van der Waals surface area contributed by atoms with Crippen LogP contribution in [0.4, 0.5) is 17.6 Å². The Balaban J connectivity index is 2.30. The summed E-state index contributed by atoms with van der Waals surface area (Å²) < 4.78 is 5.15. The summed E-state index contributed by atoms with van der Waals surface area (Å²) in [6.45, 7) is 0. The second kappa shape index (κ2) is 6.11. The van der Waals surface area contributed by atoms with Crippen LogP contribution in [0.2, 0.25) is 10.3 Å². The maximum absolute atomic E-state index is 5.97. The average Bonchev–Trinajstić information content (AvgIpc) is 2.40. The number of hydrogen-bond acceptors (Lipinski definition) is 6. The van der Waals surface area contributed by atoms with Crippen LogP contribution in [0.25, 0.3) is 0 Å². The molecule has 0 bridgehead atoms. The lowest BCUT2D eigenvalue weighted by molar-refractivity contribution is 0.415. The van der Waals surface area contributed by atoms with Gasteiger partial charge >= 0.3 is 0 Å². The smallest absolute Gasteiger partial charge is 0.233 e. The van der Waals surface area contributed by atoms with E-state index in [0.717, 1.165) is 5.69 Å². The van der Waals surface area contributed by atoms with Gasteiger partial charge in [0.15, 0.2) is 0 Å². The zero-order valence-electron chi connectivity index (χ0n) is 11.2. The van der Waals surface area contributed by atoms with Gasteiger partial charge in [-0.2, -0.15) is 15.0 Å². The first-order valence-electron chi connectivity index (χ1n) is 5.69. The Bertz CT molecular complexity index is 621. The lowest BCUT2D eigenvalue weighted by atomic mass is 10.3. The number of benzene rings is 1. The first-order valence-corrected chi connectivity index (χ1v) is 6.44. The SMILES string of the molecule is COc1cc(Nc2nc(Cl)nc(N(C)C)n2)ccc1Cl. The number of nitrogens with one attached hydrogen (secondary N) is 1. The number of rotatable bonds is 4. The minimum absolute atomic E-state index is 0.118. The summed E-state index contributed by atoms with van der Waals surface area (Å²) in [7, 11) is 5.19. The summed E-state index contributed by atoms with van der Waals surface area (Å²) in [4.78, 5) is 14.0. The second-order valence-electron chi connectivity index (χ2n) is 4.10.